The van der Waals surface area contributed by atoms with Crippen molar-refractivity contribution in [1.29, 1.82) is 0 Å². The van der Waals surface area contributed by atoms with Gasteiger partial charge in [0.05, 0.1) is 7.11 Å². The van der Waals surface area contributed by atoms with Crippen LogP contribution in [0.3, 0.4) is 0 Å². The molecule has 1 rings (SSSR count). The van der Waals surface area contributed by atoms with Crippen LogP contribution in [-0.4, -0.2) is 11.7 Å². The number of hydrogen-bond acceptors (Lipinski definition) is 1. The Morgan fingerprint density at radius 3 is 2.17 bits per heavy atom. The van der Waals surface area contributed by atoms with Crippen LogP contribution in [0.2, 0.25) is 0 Å². The number of ether oxygens (including phenoxy) is 1. The molecule has 1 aromatic rings. The summed E-state index contributed by atoms with van der Waals surface area (Å²) in [5, 5.41) is 0. The molecule has 1 aromatic heterocycles. The van der Waals surface area contributed by atoms with Gasteiger partial charge in [-0.3, -0.25) is 0 Å². The molecule has 0 N–H and O–H groups in total. The molecule has 0 saturated heterocycles. The Hall–Kier alpha value is -0.920. The number of methoxy groups -OCH3 is 1. The minimum Gasteiger partial charge on any atom is -0.495 e. The minimum atomic E-state index is 0.159. The van der Waals surface area contributed by atoms with Gasteiger partial charge in [-0.15, -0.1) is 0 Å². The Morgan fingerprint density at radius 2 is 1.83 bits per heavy atom. The van der Waals surface area contributed by atoms with E-state index in [9.17, 15) is 0 Å². The normalized spacial score (nSPS) is 11.8. The van der Waals surface area contributed by atoms with E-state index >= 15 is 0 Å². The standard InChI is InChI=1S/C10H17NO/c1-10(2,3)8-6-11(4)7-9(8)12-5/h6-7H,1-5H3. The van der Waals surface area contributed by atoms with Crippen molar-refractivity contribution in [3.8, 4) is 5.75 Å². The Kier molecular flexibility index (Phi) is 2.18. The first-order chi connectivity index (χ1) is 5.45. The van der Waals surface area contributed by atoms with E-state index in [1.165, 1.54) is 5.56 Å². The van der Waals surface area contributed by atoms with E-state index in [1.54, 1.807) is 7.11 Å². The van der Waals surface area contributed by atoms with Crippen molar-refractivity contribution >= 4 is 0 Å². The smallest absolute Gasteiger partial charge is 0.140 e. The predicted octanol–water partition coefficient (Wildman–Crippen LogP) is 2.33. The lowest BCUT2D eigenvalue weighted by molar-refractivity contribution is 0.399. The molecule has 0 radical (unpaired) electrons. The molecule has 12 heavy (non-hydrogen) atoms. The van der Waals surface area contributed by atoms with Crippen LogP contribution < -0.4 is 4.74 Å². The van der Waals surface area contributed by atoms with E-state index in [-0.39, 0.29) is 5.41 Å². The largest absolute Gasteiger partial charge is 0.495 e. The maximum Gasteiger partial charge on any atom is 0.140 e. The zero-order valence-corrected chi connectivity index (χ0v) is 8.51. The van der Waals surface area contributed by atoms with E-state index in [2.05, 4.69) is 27.0 Å². The fraction of sp³-hybridized carbons (Fsp3) is 0.600. The highest BCUT2D eigenvalue weighted by atomic mass is 16.5. The monoisotopic (exact) mass is 167 g/mol. The first-order valence-corrected chi connectivity index (χ1v) is 4.15. The molecule has 2 nitrogen and oxygen atoms in total. The molecular formula is C10H17NO. The maximum absolute atomic E-state index is 5.27. The average molecular weight is 167 g/mol. The average Bonchev–Trinajstić information content (AvgIpc) is 2.29. The zero-order chi connectivity index (χ0) is 9.35. The summed E-state index contributed by atoms with van der Waals surface area (Å²) in [4.78, 5) is 0. The first kappa shape index (κ1) is 9.17. The molecule has 0 bridgehead atoms. The van der Waals surface area contributed by atoms with E-state index < -0.39 is 0 Å². The number of rotatable bonds is 1. The lowest BCUT2D eigenvalue weighted by atomic mass is 9.89. The van der Waals surface area contributed by atoms with Crippen LogP contribution in [-0.2, 0) is 12.5 Å². The Balaban J connectivity index is 3.13. The van der Waals surface area contributed by atoms with E-state index in [0.717, 1.165) is 5.75 Å². The predicted molar refractivity (Wildman–Crippen MR) is 50.7 cm³/mol. The Labute approximate surface area is 74.2 Å². The van der Waals surface area contributed by atoms with Crippen molar-refractivity contribution in [1.82, 2.24) is 4.57 Å². The van der Waals surface area contributed by atoms with Gasteiger partial charge in [-0.05, 0) is 5.41 Å². The van der Waals surface area contributed by atoms with E-state index in [4.69, 9.17) is 4.74 Å². The molecule has 0 saturated carbocycles. The van der Waals surface area contributed by atoms with Gasteiger partial charge in [0.25, 0.3) is 0 Å². The van der Waals surface area contributed by atoms with Crippen LogP contribution in [0.25, 0.3) is 0 Å². The molecule has 2 heteroatoms. The maximum atomic E-state index is 5.27. The van der Waals surface area contributed by atoms with Crippen LogP contribution in [0.15, 0.2) is 12.4 Å². The number of aryl methyl sites for hydroxylation is 1. The topological polar surface area (TPSA) is 14.2 Å². The summed E-state index contributed by atoms with van der Waals surface area (Å²) in [7, 11) is 3.72. The summed E-state index contributed by atoms with van der Waals surface area (Å²) >= 11 is 0. The second-order valence-corrected chi connectivity index (χ2v) is 4.16. The van der Waals surface area contributed by atoms with Gasteiger partial charge in [0.1, 0.15) is 5.75 Å². The van der Waals surface area contributed by atoms with Gasteiger partial charge in [-0.1, -0.05) is 20.8 Å². The molecule has 0 fully saturated rings. The van der Waals surface area contributed by atoms with Crippen molar-refractivity contribution < 1.29 is 4.74 Å². The molecule has 0 amide bonds. The summed E-state index contributed by atoms with van der Waals surface area (Å²) in [6.45, 7) is 6.56. The molecule has 0 aromatic carbocycles. The molecule has 68 valence electrons. The third kappa shape index (κ3) is 1.63. The number of hydrogen-bond donors (Lipinski definition) is 0. The Bertz CT molecular complexity index is 268. The fourth-order valence-electron chi connectivity index (χ4n) is 1.28. The first-order valence-electron chi connectivity index (χ1n) is 4.15. The van der Waals surface area contributed by atoms with Gasteiger partial charge in [-0.2, -0.15) is 0 Å². The molecular weight excluding hydrogens is 150 g/mol. The van der Waals surface area contributed by atoms with Gasteiger partial charge in [0, 0.05) is 25.0 Å². The van der Waals surface area contributed by atoms with Crippen LogP contribution in [0, 0.1) is 0 Å². The van der Waals surface area contributed by atoms with Gasteiger partial charge in [0.15, 0.2) is 0 Å². The summed E-state index contributed by atoms with van der Waals surface area (Å²) in [6, 6.07) is 0. The van der Waals surface area contributed by atoms with Crippen LogP contribution >= 0.6 is 0 Å². The molecule has 0 atom stereocenters. The highest BCUT2D eigenvalue weighted by molar-refractivity contribution is 5.36. The highest BCUT2D eigenvalue weighted by Gasteiger charge is 2.19. The molecule has 1 heterocycles. The second-order valence-electron chi connectivity index (χ2n) is 4.16. The van der Waals surface area contributed by atoms with Crippen LogP contribution in [0.1, 0.15) is 26.3 Å². The third-order valence-electron chi connectivity index (χ3n) is 1.95. The summed E-state index contributed by atoms with van der Waals surface area (Å²) in [5.41, 5.74) is 1.42. The highest BCUT2D eigenvalue weighted by Crippen LogP contribution is 2.31. The van der Waals surface area contributed by atoms with Crippen molar-refractivity contribution in [3.63, 3.8) is 0 Å². The van der Waals surface area contributed by atoms with Gasteiger partial charge in [0.2, 0.25) is 0 Å². The van der Waals surface area contributed by atoms with Crippen molar-refractivity contribution in [3.05, 3.63) is 18.0 Å². The zero-order valence-electron chi connectivity index (χ0n) is 8.51. The summed E-state index contributed by atoms with van der Waals surface area (Å²) in [6.07, 6.45) is 4.11. The number of nitrogens with zero attached hydrogens (tertiary/aromatic N) is 1. The van der Waals surface area contributed by atoms with Crippen molar-refractivity contribution in [2.75, 3.05) is 7.11 Å². The van der Waals surface area contributed by atoms with Crippen LogP contribution in [0.5, 0.6) is 5.75 Å². The SMILES string of the molecule is COc1cn(C)cc1C(C)(C)C. The lowest BCUT2D eigenvalue weighted by Gasteiger charge is -2.18. The Morgan fingerprint density at radius 1 is 1.25 bits per heavy atom. The quantitative estimate of drug-likeness (QED) is 0.626. The molecule has 0 aliphatic heterocycles. The lowest BCUT2D eigenvalue weighted by Crippen LogP contribution is -2.11. The third-order valence-corrected chi connectivity index (χ3v) is 1.95. The van der Waals surface area contributed by atoms with Crippen molar-refractivity contribution in [2.24, 2.45) is 7.05 Å². The van der Waals surface area contributed by atoms with Gasteiger partial charge >= 0.3 is 0 Å². The summed E-state index contributed by atoms with van der Waals surface area (Å²) < 4.78 is 7.30. The molecule has 0 aliphatic rings. The van der Waals surface area contributed by atoms with E-state index in [1.807, 2.05) is 17.8 Å². The van der Waals surface area contributed by atoms with Crippen LogP contribution in [0.4, 0.5) is 0 Å². The minimum absolute atomic E-state index is 0.159. The summed E-state index contributed by atoms with van der Waals surface area (Å²) in [5.74, 6) is 0.977. The van der Waals surface area contributed by atoms with Crippen molar-refractivity contribution in [2.45, 2.75) is 26.2 Å². The number of aromatic nitrogens is 1. The van der Waals surface area contributed by atoms with Gasteiger partial charge < -0.3 is 9.30 Å². The molecule has 0 aliphatic carbocycles. The molecule has 0 unspecified atom stereocenters. The van der Waals surface area contributed by atoms with Gasteiger partial charge in [-0.25, -0.2) is 0 Å². The fourth-order valence-corrected chi connectivity index (χ4v) is 1.28. The molecule has 0 spiro atoms. The second kappa shape index (κ2) is 2.85. The van der Waals surface area contributed by atoms with E-state index in [0.29, 0.717) is 0 Å².